The fraction of sp³-hybridized carbons (Fsp3) is 0.560. The number of nitrogens with zero attached hydrogens (tertiary/aromatic N) is 3. The Bertz CT molecular complexity index is 787. The van der Waals surface area contributed by atoms with Crippen molar-refractivity contribution in [3.63, 3.8) is 0 Å². The van der Waals surface area contributed by atoms with E-state index < -0.39 is 0 Å². The van der Waals surface area contributed by atoms with Crippen LogP contribution in [0.3, 0.4) is 0 Å². The van der Waals surface area contributed by atoms with Gasteiger partial charge >= 0.3 is 0 Å². The van der Waals surface area contributed by atoms with E-state index >= 15 is 0 Å². The Morgan fingerprint density at radius 3 is 2.30 bits per heavy atom. The first-order valence-electron chi connectivity index (χ1n) is 11.1. The molecule has 0 spiro atoms. The highest BCUT2D eigenvalue weighted by atomic mass is 32.2. The Hall–Kier alpha value is -1.32. The van der Waals surface area contributed by atoms with Crippen LogP contribution in [-0.2, 0) is 5.41 Å². The molecular weight excluding hydrogens is 406 g/mol. The molecule has 3 nitrogen and oxygen atoms in total. The molecule has 1 saturated heterocycles. The third-order valence-electron chi connectivity index (χ3n) is 6.43. The predicted molar refractivity (Wildman–Crippen MR) is 130 cm³/mol. The van der Waals surface area contributed by atoms with E-state index in [9.17, 15) is 5.26 Å². The normalized spacial score (nSPS) is 17.7. The zero-order valence-electron chi connectivity index (χ0n) is 18.6. The number of benzene rings is 1. The Morgan fingerprint density at radius 1 is 1.07 bits per heavy atom. The van der Waals surface area contributed by atoms with E-state index in [1.807, 2.05) is 11.8 Å². The van der Waals surface area contributed by atoms with Crippen molar-refractivity contribution >= 4 is 23.1 Å². The van der Waals surface area contributed by atoms with Gasteiger partial charge in [-0.05, 0) is 66.8 Å². The van der Waals surface area contributed by atoms with Gasteiger partial charge in [0.15, 0.2) is 0 Å². The van der Waals surface area contributed by atoms with Crippen LogP contribution >= 0.6 is 23.1 Å². The zero-order chi connectivity index (χ0) is 21.4. The molecule has 1 aliphatic rings. The molecule has 5 heteroatoms. The number of hydrogen-bond donors (Lipinski definition) is 0. The quantitative estimate of drug-likeness (QED) is 0.445. The number of aryl methyl sites for hydroxylation is 1. The summed E-state index contributed by atoms with van der Waals surface area (Å²) >= 11 is 3.66. The van der Waals surface area contributed by atoms with Gasteiger partial charge in [-0.3, -0.25) is 4.90 Å². The lowest BCUT2D eigenvalue weighted by molar-refractivity contribution is 0.134. The lowest BCUT2D eigenvalue weighted by Crippen LogP contribution is -2.47. The zero-order valence-corrected chi connectivity index (χ0v) is 20.3. The molecule has 1 atom stereocenters. The molecule has 162 valence electrons. The van der Waals surface area contributed by atoms with Gasteiger partial charge in [0.2, 0.25) is 0 Å². The smallest absolute Gasteiger partial charge is 0.0853 e. The SMILES string of the molecule is Cc1ccc(SCCN2CCN(CCCC(C#N)(c3ccsc3)C(C)C)CC2)cc1. The van der Waals surface area contributed by atoms with E-state index in [0.29, 0.717) is 5.92 Å². The van der Waals surface area contributed by atoms with Crippen molar-refractivity contribution in [1.82, 2.24) is 9.80 Å². The molecule has 1 aromatic heterocycles. The highest BCUT2D eigenvalue weighted by Gasteiger charge is 2.36. The molecule has 2 aromatic rings. The van der Waals surface area contributed by atoms with Crippen LogP contribution in [0.2, 0.25) is 0 Å². The maximum atomic E-state index is 10.0. The largest absolute Gasteiger partial charge is 0.301 e. The van der Waals surface area contributed by atoms with Crippen molar-refractivity contribution in [3.8, 4) is 6.07 Å². The monoisotopic (exact) mass is 441 g/mol. The maximum absolute atomic E-state index is 10.0. The Labute approximate surface area is 191 Å². The Balaban J connectivity index is 1.37. The number of hydrogen-bond acceptors (Lipinski definition) is 5. The van der Waals surface area contributed by atoms with Gasteiger partial charge in [0.05, 0.1) is 11.5 Å². The van der Waals surface area contributed by atoms with E-state index in [1.165, 1.54) is 16.0 Å². The Kier molecular flexibility index (Phi) is 8.83. The van der Waals surface area contributed by atoms with Gasteiger partial charge in [0, 0.05) is 43.4 Å². The molecular formula is C25H35N3S2. The van der Waals surface area contributed by atoms with Crippen LogP contribution in [0.1, 0.15) is 37.8 Å². The second-order valence-corrected chi connectivity index (χ2v) is 10.6. The average Bonchev–Trinajstić information content (AvgIpc) is 3.29. The maximum Gasteiger partial charge on any atom is 0.0853 e. The highest BCUT2D eigenvalue weighted by Crippen LogP contribution is 2.37. The van der Waals surface area contributed by atoms with Crippen LogP contribution < -0.4 is 0 Å². The lowest BCUT2D eigenvalue weighted by Gasteiger charge is -2.36. The first-order valence-corrected chi connectivity index (χ1v) is 13.0. The minimum atomic E-state index is -0.338. The summed E-state index contributed by atoms with van der Waals surface area (Å²) in [5.74, 6) is 1.49. The molecule has 0 aliphatic carbocycles. The van der Waals surface area contributed by atoms with Gasteiger partial charge in [-0.15, -0.1) is 11.8 Å². The van der Waals surface area contributed by atoms with Gasteiger partial charge in [0.25, 0.3) is 0 Å². The summed E-state index contributed by atoms with van der Waals surface area (Å²) in [4.78, 5) is 6.55. The van der Waals surface area contributed by atoms with Crippen molar-refractivity contribution < 1.29 is 0 Å². The molecule has 0 bridgehead atoms. The summed E-state index contributed by atoms with van der Waals surface area (Å²) in [5.41, 5.74) is 2.20. The fourth-order valence-corrected chi connectivity index (χ4v) is 5.93. The molecule has 1 fully saturated rings. The minimum Gasteiger partial charge on any atom is -0.301 e. The molecule has 0 radical (unpaired) electrons. The number of piperazine rings is 1. The second-order valence-electron chi connectivity index (χ2n) is 8.70. The van der Waals surface area contributed by atoms with Crippen LogP contribution in [0.5, 0.6) is 0 Å². The predicted octanol–water partition coefficient (Wildman–Crippen LogP) is 5.66. The standard InChI is InChI=1S/C25H35N3S2/c1-21(2)25(20-26,23-9-17-29-19-23)10-4-11-27-12-14-28(15-13-27)16-18-30-24-7-5-22(3)6-8-24/h5-9,17,19,21H,4,10-16,18H2,1-3H3. The number of rotatable bonds is 10. The van der Waals surface area contributed by atoms with Crippen LogP contribution in [0.4, 0.5) is 0 Å². The molecule has 30 heavy (non-hydrogen) atoms. The van der Waals surface area contributed by atoms with Crippen molar-refractivity contribution in [2.45, 2.75) is 43.9 Å². The third kappa shape index (κ3) is 6.11. The summed E-state index contributed by atoms with van der Waals surface area (Å²) in [6, 6.07) is 13.7. The molecule has 0 saturated carbocycles. The van der Waals surface area contributed by atoms with Gasteiger partial charge < -0.3 is 4.90 Å². The van der Waals surface area contributed by atoms with Gasteiger partial charge in [-0.2, -0.15) is 16.6 Å². The van der Waals surface area contributed by atoms with Crippen molar-refractivity contribution in [3.05, 3.63) is 52.2 Å². The van der Waals surface area contributed by atoms with Crippen LogP contribution in [-0.4, -0.2) is 54.8 Å². The molecule has 0 N–H and O–H groups in total. The molecule has 3 rings (SSSR count). The van der Waals surface area contributed by atoms with E-state index in [0.717, 1.165) is 57.9 Å². The second kappa shape index (κ2) is 11.3. The highest BCUT2D eigenvalue weighted by molar-refractivity contribution is 7.99. The summed E-state index contributed by atoms with van der Waals surface area (Å²) in [6.07, 6.45) is 2.04. The van der Waals surface area contributed by atoms with Gasteiger partial charge in [0.1, 0.15) is 0 Å². The van der Waals surface area contributed by atoms with Gasteiger partial charge in [-0.25, -0.2) is 0 Å². The van der Waals surface area contributed by atoms with E-state index in [1.54, 1.807) is 11.3 Å². The van der Waals surface area contributed by atoms with Crippen LogP contribution in [0, 0.1) is 24.2 Å². The third-order valence-corrected chi connectivity index (χ3v) is 8.10. The van der Waals surface area contributed by atoms with Crippen molar-refractivity contribution in [2.24, 2.45) is 5.92 Å². The first kappa shape index (κ1) is 23.3. The summed E-state index contributed by atoms with van der Waals surface area (Å²) in [6.45, 7) is 13.4. The van der Waals surface area contributed by atoms with Crippen LogP contribution in [0.15, 0.2) is 46.0 Å². The topological polar surface area (TPSA) is 30.3 Å². The fourth-order valence-electron chi connectivity index (χ4n) is 4.28. The number of thioether (sulfide) groups is 1. The molecule has 2 heterocycles. The first-order chi connectivity index (χ1) is 14.5. The molecule has 1 aliphatic heterocycles. The molecule has 0 amide bonds. The molecule has 1 unspecified atom stereocenters. The van der Waals surface area contributed by atoms with E-state index in [2.05, 4.69) is 77.7 Å². The molecule has 1 aromatic carbocycles. The van der Waals surface area contributed by atoms with E-state index in [4.69, 9.17) is 0 Å². The Morgan fingerprint density at radius 2 is 1.73 bits per heavy atom. The summed E-state index contributed by atoms with van der Waals surface area (Å²) in [5, 5.41) is 14.3. The lowest BCUT2D eigenvalue weighted by atomic mass is 9.71. The van der Waals surface area contributed by atoms with Gasteiger partial charge in [-0.1, -0.05) is 31.5 Å². The number of thiophene rings is 1. The minimum absolute atomic E-state index is 0.333. The van der Waals surface area contributed by atoms with Crippen LogP contribution in [0.25, 0.3) is 0 Å². The van der Waals surface area contributed by atoms with E-state index in [-0.39, 0.29) is 5.41 Å². The van der Waals surface area contributed by atoms with Crippen molar-refractivity contribution in [2.75, 3.05) is 45.0 Å². The summed E-state index contributed by atoms with van der Waals surface area (Å²) < 4.78 is 0. The summed E-state index contributed by atoms with van der Waals surface area (Å²) in [7, 11) is 0. The van der Waals surface area contributed by atoms with Crippen molar-refractivity contribution in [1.29, 1.82) is 5.26 Å². The average molecular weight is 442 g/mol. The number of nitriles is 1.